The number of carbonyl (C=O) groups excluding carboxylic acids is 1. The molecule has 2 heterocycles. The Bertz CT molecular complexity index is 1090. The zero-order valence-electron chi connectivity index (χ0n) is 19.0. The molecular weight excluding hydrogens is 533 g/mol. The average molecular weight is 561 g/mol. The Hall–Kier alpha value is -1.06. The fraction of sp³-hybridized carbons (Fsp3) is 0.417. The summed E-state index contributed by atoms with van der Waals surface area (Å²) in [6.45, 7) is 6.72. The molecule has 1 saturated heterocycles. The summed E-state index contributed by atoms with van der Waals surface area (Å²) in [4.78, 5) is 23.5. The number of thiazole rings is 1. The zero-order chi connectivity index (χ0) is 23.2. The van der Waals surface area contributed by atoms with Crippen LogP contribution in [0.15, 0.2) is 41.3 Å². The van der Waals surface area contributed by atoms with Crippen LogP contribution in [0, 0.1) is 6.92 Å². The molecule has 3 aromatic rings. The number of anilines is 1. The number of ether oxygens (including phenoxy) is 1. The van der Waals surface area contributed by atoms with Crippen LogP contribution >= 0.6 is 58.7 Å². The highest BCUT2D eigenvalue weighted by Gasteiger charge is 2.22. The Morgan fingerprint density at radius 3 is 2.65 bits per heavy atom. The van der Waals surface area contributed by atoms with E-state index >= 15 is 0 Å². The molecule has 5 nitrogen and oxygen atoms in total. The van der Waals surface area contributed by atoms with E-state index in [-0.39, 0.29) is 18.3 Å². The van der Waals surface area contributed by atoms with E-state index in [4.69, 9.17) is 32.9 Å². The van der Waals surface area contributed by atoms with E-state index in [9.17, 15) is 4.79 Å². The zero-order valence-corrected chi connectivity index (χ0v) is 22.9. The molecule has 34 heavy (non-hydrogen) atoms. The summed E-state index contributed by atoms with van der Waals surface area (Å²) < 4.78 is 6.47. The number of hydrogen-bond acceptors (Lipinski definition) is 6. The minimum Gasteiger partial charge on any atom is -0.379 e. The topological polar surface area (TPSA) is 45.7 Å². The third kappa shape index (κ3) is 7.47. The fourth-order valence-electron chi connectivity index (χ4n) is 3.73. The van der Waals surface area contributed by atoms with Gasteiger partial charge in [0, 0.05) is 47.5 Å². The van der Waals surface area contributed by atoms with Gasteiger partial charge in [-0.2, -0.15) is 0 Å². The van der Waals surface area contributed by atoms with E-state index in [1.54, 1.807) is 11.8 Å². The van der Waals surface area contributed by atoms with Gasteiger partial charge in [0.05, 0.1) is 23.4 Å². The maximum atomic E-state index is 13.3. The van der Waals surface area contributed by atoms with Gasteiger partial charge in [-0.15, -0.1) is 24.2 Å². The number of fused-ring (bicyclic) bond motifs is 1. The lowest BCUT2D eigenvalue weighted by molar-refractivity contribution is -0.118. The molecule has 0 radical (unpaired) electrons. The second-order valence-electron chi connectivity index (χ2n) is 7.97. The quantitative estimate of drug-likeness (QED) is 0.219. The largest absolute Gasteiger partial charge is 0.379 e. The lowest BCUT2D eigenvalue weighted by Gasteiger charge is -2.29. The molecule has 2 aromatic carbocycles. The number of halogens is 3. The smallest absolute Gasteiger partial charge is 0.228 e. The number of thioether (sulfide) groups is 1. The summed E-state index contributed by atoms with van der Waals surface area (Å²) in [5, 5.41) is 2.18. The number of morpholine rings is 1. The van der Waals surface area contributed by atoms with Crippen molar-refractivity contribution in [3.63, 3.8) is 0 Å². The van der Waals surface area contributed by atoms with Gasteiger partial charge >= 0.3 is 0 Å². The van der Waals surface area contributed by atoms with Crippen molar-refractivity contribution < 1.29 is 9.53 Å². The molecule has 1 fully saturated rings. The Balaban J connectivity index is 0.00000324. The van der Waals surface area contributed by atoms with E-state index in [1.807, 2.05) is 48.2 Å². The number of amides is 1. The van der Waals surface area contributed by atoms with Crippen molar-refractivity contribution in [3.8, 4) is 0 Å². The van der Waals surface area contributed by atoms with Gasteiger partial charge in [-0.3, -0.25) is 14.6 Å². The first kappa shape index (κ1) is 27.5. The van der Waals surface area contributed by atoms with E-state index in [0.717, 1.165) is 75.9 Å². The summed E-state index contributed by atoms with van der Waals surface area (Å²) in [5.74, 6) is 0.988. The molecule has 0 N–H and O–H groups in total. The summed E-state index contributed by atoms with van der Waals surface area (Å²) in [6, 6.07) is 11.7. The number of carbonyl (C=O) groups is 1. The fourth-order valence-corrected chi connectivity index (χ4v) is 6.17. The van der Waals surface area contributed by atoms with Crippen LogP contribution in [0.3, 0.4) is 0 Å². The standard InChI is InChI=1S/C24H27Cl2N3O2S2.ClH/c1-17-15-19(26)16-21-23(17)27-24(33-21)29(9-8-28-10-12-31-13-11-28)22(30)3-2-14-32-20-6-4-18(25)5-7-20;/h4-7,15-16H,2-3,8-14H2,1H3;1H. The van der Waals surface area contributed by atoms with Crippen LogP contribution < -0.4 is 4.90 Å². The van der Waals surface area contributed by atoms with Crippen molar-refractivity contribution in [2.24, 2.45) is 0 Å². The normalized spacial score (nSPS) is 14.2. The number of nitrogens with zero attached hydrogens (tertiary/aromatic N) is 3. The molecule has 1 amide bonds. The molecule has 4 rings (SSSR count). The second kappa shape index (κ2) is 13.3. The van der Waals surface area contributed by atoms with Gasteiger partial charge in [0.25, 0.3) is 0 Å². The van der Waals surface area contributed by atoms with Crippen LogP contribution in [0.25, 0.3) is 10.2 Å². The summed E-state index contributed by atoms with van der Waals surface area (Å²) in [6.07, 6.45) is 1.29. The van der Waals surface area contributed by atoms with Crippen LogP contribution in [0.4, 0.5) is 5.13 Å². The molecule has 0 atom stereocenters. The lowest BCUT2D eigenvalue weighted by atomic mass is 10.2. The third-order valence-corrected chi connectivity index (χ3v) is 8.13. The van der Waals surface area contributed by atoms with Gasteiger partial charge in [0.15, 0.2) is 5.13 Å². The van der Waals surface area contributed by atoms with Gasteiger partial charge in [0.2, 0.25) is 5.91 Å². The Labute approximate surface area is 225 Å². The molecule has 1 aliphatic rings. The van der Waals surface area contributed by atoms with Crippen molar-refractivity contribution in [1.29, 1.82) is 0 Å². The van der Waals surface area contributed by atoms with E-state index in [2.05, 4.69) is 4.90 Å². The highest BCUT2D eigenvalue weighted by atomic mass is 35.5. The summed E-state index contributed by atoms with van der Waals surface area (Å²) in [7, 11) is 0. The number of benzene rings is 2. The van der Waals surface area contributed by atoms with Gasteiger partial charge in [-0.05, 0) is 61.1 Å². The van der Waals surface area contributed by atoms with Crippen molar-refractivity contribution in [2.45, 2.75) is 24.7 Å². The molecule has 0 unspecified atom stereocenters. The maximum Gasteiger partial charge on any atom is 0.228 e. The Kier molecular flexibility index (Phi) is 10.8. The molecule has 1 aromatic heterocycles. The number of aryl methyl sites for hydroxylation is 1. The molecule has 184 valence electrons. The van der Waals surface area contributed by atoms with Gasteiger partial charge < -0.3 is 4.74 Å². The monoisotopic (exact) mass is 559 g/mol. The summed E-state index contributed by atoms with van der Waals surface area (Å²) in [5.41, 5.74) is 1.95. The molecular formula is C24H28Cl3N3O2S2. The lowest BCUT2D eigenvalue weighted by Crippen LogP contribution is -2.43. The second-order valence-corrected chi connectivity index (χ2v) is 11.0. The molecule has 0 saturated carbocycles. The van der Waals surface area contributed by atoms with Crippen LogP contribution in [0.2, 0.25) is 10.0 Å². The number of hydrogen-bond donors (Lipinski definition) is 0. The van der Waals surface area contributed by atoms with Crippen molar-refractivity contribution in [3.05, 3.63) is 52.0 Å². The molecule has 10 heteroatoms. The van der Waals surface area contributed by atoms with E-state index in [0.29, 0.717) is 18.0 Å². The number of aromatic nitrogens is 1. The minimum atomic E-state index is 0. The molecule has 1 aliphatic heterocycles. The Morgan fingerprint density at radius 1 is 1.18 bits per heavy atom. The molecule has 0 aliphatic carbocycles. The predicted octanol–water partition coefficient (Wildman–Crippen LogP) is 6.57. The first-order chi connectivity index (χ1) is 16.0. The maximum absolute atomic E-state index is 13.3. The van der Waals surface area contributed by atoms with Crippen LogP contribution in [0.1, 0.15) is 18.4 Å². The van der Waals surface area contributed by atoms with Crippen molar-refractivity contribution in [2.75, 3.05) is 50.0 Å². The van der Waals surface area contributed by atoms with E-state index < -0.39 is 0 Å². The van der Waals surface area contributed by atoms with Gasteiger partial charge in [-0.1, -0.05) is 34.5 Å². The minimum absolute atomic E-state index is 0. The van der Waals surface area contributed by atoms with Crippen molar-refractivity contribution >= 4 is 80.0 Å². The average Bonchev–Trinajstić information content (AvgIpc) is 3.23. The first-order valence-corrected chi connectivity index (χ1v) is 13.6. The number of rotatable bonds is 9. The summed E-state index contributed by atoms with van der Waals surface area (Å²) >= 11 is 15.5. The Morgan fingerprint density at radius 2 is 1.91 bits per heavy atom. The first-order valence-electron chi connectivity index (χ1n) is 11.0. The highest BCUT2D eigenvalue weighted by Crippen LogP contribution is 2.33. The van der Waals surface area contributed by atoms with Crippen LogP contribution in [-0.4, -0.2) is 60.9 Å². The van der Waals surface area contributed by atoms with Crippen LogP contribution in [0.5, 0.6) is 0 Å². The molecule has 0 bridgehead atoms. The molecule has 0 spiro atoms. The van der Waals surface area contributed by atoms with E-state index in [1.165, 1.54) is 11.3 Å². The highest BCUT2D eigenvalue weighted by molar-refractivity contribution is 7.99. The SMILES string of the molecule is Cc1cc(Cl)cc2sc(N(CCN3CCOCC3)C(=O)CCCSc3ccc(Cl)cc3)nc12.Cl. The van der Waals surface area contributed by atoms with Gasteiger partial charge in [-0.25, -0.2) is 4.98 Å². The van der Waals surface area contributed by atoms with Gasteiger partial charge in [0.1, 0.15) is 0 Å². The van der Waals surface area contributed by atoms with Crippen molar-refractivity contribution in [1.82, 2.24) is 9.88 Å². The predicted molar refractivity (Wildman–Crippen MR) is 148 cm³/mol. The van der Waals surface area contributed by atoms with Crippen LogP contribution in [-0.2, 0) is 9.53 Å². The third-order valence-electron chi connectivity index (χ3n) is 5.53.